The number of ether oxygens (including phenoxy) is 3. The number of aryl methyl sites for hydroxylation is 2. The van der Waals surface area contributed by atoms with Crippen LogP contribution in [0.2, 0.25) is 0 Å². The van der Waals surface area contributed by atoms with Crippen molar-refractivity contribution in [3.8, 4) is 5.75 Å². The van der Waals surface area contributed by atoms with Crippen molar-refractivity contribution in [2.45, 2.75) is 40.5 Å². The van der Waals surface area contributed by atoms with Gasteiger partial charge in [0.05, 0.1) is 12.8 Å². The maximum Gasteiger partial charge on any atom is 0.333 e. The van der Waals surface area contributed by atoms with E-state index in [1.807, 2.05) is 26.8 Å². The van der Waals surface area contributed by atoms with Gasteiger partial charge in [-0.15, -0.1) is 0 Å². The molecule has 0 aliphatic rings. The Kier molecular flexibility index (Phi) is 7.85. The monoisotopic (exact) mass is 348 g/mol. The van der Waals surface area contributed by atoms with Crippen LogP contribution in [0.4, 0.5) is 0 Å². The van der Waals surface area contributed by atoms with Crippen LogP contribution >= 0.6 is 0 Å². The second kappa shape index (κ2) is 9.61. The molecule has 0 spiro atoms. The van der Waals surface area contributed by atoms with Gasteiger partial charge in [-0.2, -0.15) is 0 Å². The van der Waals surface area contributed by atoms with Crippen LogP contribution in [0.15, 0.2) is 24.3 Å². The van der Waals surface area contributed by atoms with E-state index in [9.17, 15) is 14.4 Å². The number of esters is 3. The molecule has 0 saturated carbocycles. The van der Waals surface area contributed by atoms with Crippen molar-refractivity contribution in [3.05, 3.63) is 41.0 Å². The average molecular weight is 348 g/mol. The van der Waals surface area contributed by atoms with Gasteiger partial charge < -0.3 is 14.2 Å². The first-order chi connectivity index (χ1) is 11.7. The van der Waals surface area contributed by atoms with Gasteiger partial charge in [-0.1, -0.05) is 12.6 Å². The Labute approximate surface area is 147 Å². The third-order valence-corrected chi connectivity index (χ3v) is 3.45. The van der Waals surface area contributed by atoms with Crippen LogP contribution in [-0.4, -0.2) is 31.1 Å². The Morgan fingerprint density at radius 3 is 2.20 bits per heavy atom. The summed E-state index contributed by atoms with van der Waals surface area (Å²) in [6.07, 6.45) is -0.187. The molecule has 25 heavy (non-hydrogen) atoms. The average Bonchev–Trinajstić information content (AvgIpc) is 2.53. The zero-order valence-corrected chi connectivity index (χ0v) is 15.1. The van der Waals surface area contributed by atoms with Crippen molar-refractivity contribution in [3.63, 3.8) is 0 Å². The van der Waals surface area contributed by atoms with Gasteiger partial charge in [0, 0.05) is 5.57 Å². The number of hydrogen-bond acceptors (Lipinski definition) is 6. The SMILES string of the molecule is C=C(C)C(=O)OCCOC(=O)CCC(=O)Oc1cc(C)cc(C)c1C. The molecule has 0 amide bonds. The molecule has 0 radical (unpaired) electrons. The van der Waals surface area contributed by atoms with Crippen molar-refractivity contribution in [2.75, 3.05) is 13.2 Å². The van der Waals surface area contributed by atoms with E-state index < -0.39 is 17.9 Å². The number of carbonyl (C=O) groups excluding carboxylic acids is 3. The van der Waals surface area contributed by atoms with E-state index in [0.717, 1.165) is 16.7 Å². The minimum atomic E-state index is -0.555. The van der Waals surface area contributed by atoms with Crippen LogP contribution < -0.4 is 4.74 Å². The molecule has 0 atom stereocenters. The first-order valence-electron chi connectivity index (χ1n) is 7.97. The van der Waals surface area contributed by atoms with E-state index in [4.69, 9.17) is 14.2 Å². The third kappa shape index (κ3) is 7.20. The highest BCUT2D eigenvalue weighted by molar-refractivity contribution is 5.86. The summed E-state index contributed by atoms with van der Waals surface area (Å²) in [5, 5.41) is 0. The molecule has 0 saturated heterocycles. The van der Waals surface area contributed by atoms with Crippen molar-refractivity contribution in [1.29, 1.82) is 0 Å². The van der Waals surface area contributed by atoms with Crippen LogP contribution in [0.5, 0.6) is 5.75 Å². The molecule has 0 N–H and O–H groups in total. The number of carbonyl (C=O) groups is 3. The van der Waals surface area contributed by atoms with E-state index in [1.54, 1.807) is 6.07 Å². The molecule has 1 aromatic carbocycles. The summed E-state index contributed by atoms with van der Waals surface area (Å²) < 4.78 is 15.0. The number of benzene rings is 1. The Morgan fingerprint density at radius 1 is 0.960 bits per heavy atom. The second-order valence-electron chi connectivity index (χ2n) is 5.82. The summed E-state index contributed by atoms with van der Waals surface area (Å²) in [5.74, 6) is -1.09. The quantitative estimate of drug-likeness (QED) is 0.311. The first kappa shape index (κ1) is 20.4. The van der Waals surface area contributed by atoms with Crippen LogP contribution in [0, 0.1) is 20.8 Å². The maximum absolute atomic E-state index is 11.9. The van der Waals surface area contributed by atoms with Crippen molar-refractivity contribution in [2.24, 2.45) is 0 Å². The van der Waals surface area contributed by atoms with E-state index in [2.05, 4.69) is 6.58 Å². The van der Waals surface area contributed by atoms with Crippen LogP contribution in [0.1, 0.15) is 36.5 Å². The predicted octanol–water partition coefficient (Wildman–Crippen LogP) is 2.96. The van der Waals surface area contributed by atoms with E-state index in [0.29, 0.717) is 5.75 Å². The van der Waals surface area contributed by atoms with Gasteiger partial charge in [0.25, 0.3) is 0 Å². The standard InChI is InChI=1S/C19H24O6/c1-12(2)19(22)24-9-8-23-17(20)6-7-18(21)25-16-11-13(3)10-14(4)15(16)5/h10-11H,1,6-9H2,2-5H3. The summed E-state index contributed by atoms with van der Waals surface area (Å²) >= 11 is 0. The molecule has 1 rings (SSSR count). The lowest BCUT2D eigenvalue weighted by atomic mass is 10.1. The Balaban J connectivity index is 2.33. The molecular weight excluding hydrogens is 324 g/mol. The lowest BCUT2D eigenvalue weighted by Crippen LogP contribution is -2.16. The zero-order valence-electron chi connectivity index (χ0n) is 15.1. The minimum Gasteiger partial charge on any atom is -0.462 e. The fraction of sp³-hybridized carbons (Fsp3) is 0.421. The lowest BCUT2D eigenvalue weighted by Gasteiger charge is -2.11. The minimum absolute atomic E-state index is 0.0519. The van der Waals surface area contributed by atoms with E-state index >= 15 is 0 Å². The molecule has 136 valence electrons. The normalized spacial score (nSPS) is 10.1. The molecular formula is C19H24O6. The van der Waals surface area contributed by atoms with Gasteiger partial charge >= 0.3 is 17.9 Å². The molecule has 1 aromatic rings. The predicted molar refractivity (Wildman–Crippen MR) is 92.3 cm³/mol. The fourth-order valence-electron chi connectivity index (χ4n) is 1.97. The van der Waals surface area contributed by atoms with Gasteiger partial charge in [-0.05, 0) is 50.5 Å². The first-order valence-corrected chi connectivity index (χ1v) is 7.97. The third-order valence-electron chi connectivity index (χ3n) is 3.45. The maximum atomic E-state index is 11.9. The molecule has 0 heterocycles. The molecule has 0 bridgehead atoms. The molecule has 0 aromatic heterocycles. The topological polar surface area (TPSA) is 78.9 Å². The van der Waals surface area contributed by atoms with Crippen molar-refractivity contribution < 1.29 is 28.6 Å². The molecule has 6 nitrogen and oxygen atoms in total. The summed E-state index contributed by atoms with van der Waals surface area (Å²) in [6.45, 7) is 10.6. The molecule has 0 unspecified atom stereocenters. The van der Waals surface area contributed by atoms with Crippen LogP contribution in [0.25, 0.3) is 0 Å². The summed E-state index contributed by atoms with van der Waals surface area (Å²) in [7, 11) is 0. The Hall–Kier alpha value is -2.63. The van der Waals surface area contributed by atoms with Gasteiger partial charge in [-0.3, -0.25) is 9.59 Å². The van der Waals surface area contributed by atoms with Crippen LogP contribution in [0.3, 0.4) is 0 Å². The van der Waals surface area contributed by atoms with E-state index in [1.165, 1.54) is 6.92 Å². The largest absolute Gasteiger partial charge is 0.462 e. The highest BCUT2D eigenvalue weighted by Gasteiger charge is 2.13. The molecule has 0 fully saturated rings. The smallest absolute Gasteiger partial charge is 0.333 e. The van der Waals surface area contributed by atoms with Gasteiger partial charge in [0.15, 0.2) is 0 Å². The molecule has 6 heteroatoms. The summed E-state index contributed by atoms with van der Waals surface area (Å²) in [5.41, 5.74) is 3.19. The van der Waals surface area contributed by atoms with E-state index in [-0.39, 0.29) is 31.6 Å². The van der Waals surface area contributed by atoms with Gasteiger partial charge in [0.2, 0.25) is 0 Å². The number of hydrogen-bond donors (Lipinski definition) is 0. The highest BCUT2D eigenvalue weighted by atomic mass is 16.6. The zero-order chi connectivity index (χ0) is 19.0. The van der Waals surface area contributed by atoms with Gasteiger partial charge in [-0.25, -0.2) is 4.79 Å². The lowest BCUT2D eigenvalue weighted by molar-refractivity contribution is -0.151. The fourth-order valence-corrected chi connectivity index (χ4v) is 1.97. The van der Waals surface area contributed by atoms with Crippen molar-refractivity contribution >= 4 is 17.9 Å². The second-order valence-corrected chi connectivity index (χ2v) is 5.82. The summed E-state index contributed by atoms with van der Waals surface area (Å²) in [6, 6.07) is 3.79. The Bertz CT molecular complexity index is 675. The Morgan fingerprint density at radius 2 is 1.56 bits per heavy atom. The van der Waals surface area contributed by atoms with Crippen molar-refractivity contribution in [1.82, 2.24) is 0 Å². The highest BCUT2D eigenvalue weighted by Crippen LogP contribution is 2.23. The molecule has 0 aliphatic carbocycles. The molecule has 0 aliphatic heterocycles. The number of rotatable bonds is 8. The van der Waals surface area contributed by atoms with Crippen LogP contribution in [-0.2, 0) is 23.9 Å². The summed E-state index contributed by atoms with van der Waals surface area (Å²) in [4.78, 5) is 34.6. The van der Waals surface area contributed by atoms with Gasteiger partial charge in [0.1, 0.15) is 19.0 Å².